The van der Waals surface area contributed by atoms with Gasteiger partial charge in [0.2, 0.25) is 11.5 Å². The van der Waals surface area contributed by atoms with Crippen LogP contribution in [0.15, 0.2) is 39.4 Å². The lowest BCUT2D eigenvalue weighted by Gasteiger charge is -2.17. The van der Waals surface area contributed by atoms with Gasteiger partial charge < -0.3 is 18.3 Å². The second-order valence-corrected chi connectivity index (χ2v) is 8.91. The molecule has 0 radical (unpaired) electrons. The molecule has 180 valence electrons. The Morgan fingerprint density at radius 1 is 1.11 bits per heavy atom. The molecule has 1 unspecified atom stereocenters. The molecule has 0 amide bonds. The van der Waals surface area contributed by atoms with Gasteiger partial charge in [0.05, 0.1) is 35.8 Å². The summed E-state index contributed by atoms with van der Waals surface area (Å²) in [6.45, 7) is 0.877. The number of furan rings is 2. The molecule has 0 aliphatic carbocycles. The zero-order valence-electron chi connectivity index (χ0n) is 18.8. The molecule has 10 nitrogen and oxygen atoms in total. The lowest BCUT2D eigenvalue weighted by Crippen LogP contribution is -2.19. The first-order valence-corrected chi connectivity index (χ1v) is 11.7. The number of halogens is 1. The monoisotopic (exact) mass is 496 g/mol. The minimum absolute atomic E-state index is 0.0707. The van der Waals surface area contributed by atoms with E-state index in [0.717, 1.165) is 36.4 Å². The molecule has 6 heterocycles. The molecular formula is C24H21ClN4O6. The number of carbonyl (C=O) groups excluding carboxylic acids is 2. The molecule has 35 heavy (non-hydrogen) atoms. The fourth-order valence-corrected chi connectivity index (χ4v) is 5.00. The Morgan fingerprint density at radius 3 is 2.71 bits per heavy atom. The maximum absolute atomic E-state index is 12.9. The Kier molecular flexibility index (Phi) is 5.25. The standard InChI is InChI=1S/C24H21ClN4O6/c1-32-23(30)20-10-15-19(35-20)5-4-13(29-22(15)16(25)11-27-29)12-33-24(31)21-9-14-17-6-7-26-28(17)8-2-3-18(14)34-21/h6-7,9-11,13H,2-5,8,12H2,1H3. The van der Waals surface area contributed by atoms with E-state index >= 15 is 0 Å². The van der Waals surface area contributed by atoms with Crippen molar-refractivity contribution < 1.29 is 27.9 Å². The number of methoxy groups -OCH3 is 1. The molecule has 2 aliphatic rings. The maximum Gasteiger partial charge on any atom is 0.374 e. The molecule has 0 saturated carbocycles. The molecule has 0 bridgehead atoms. The van der Waals surface area contributed by atoms with Crippen LogP contribution in [-0.4, -0.2) is 45.2 Å². The number of hydrogen-bond acceptors (Lipinski definition) is 8. The molecular weight excluding hydrogens is 476 g/mol. The molecule has 0 fully saturated rings. The summed E-state index contributed by atoms with van der Waals surface area (Å²) in [5.74, 6) is 0.521. The normalized spacial score (nSPS) is 16.3. The van der Waals surface area contributed by atoms with Crippen molar-refractivity contribution in [3.63, 3.8) is 0 Å². The molecule has 11 heteroatoms. The van der Waals surface area contributed by atoms with Gasteiger partial charge in [0.15, 0.2) is 0 Å². The molecule has 6 rings (SSSR count). The van der Waals surface area contributed by atoms with Crippen molar-refractivity contribution in [3.8, 4) is 22.5 Å². The Hall–Kier alpha value is -3.79. The minimum atomic E-state index is -0.564. The third kappa shape index (κ3) is 3.65. The van der Waals surface area contributed by atoms with Crippen molar-refractivity contribution in [2.45, 2.75) is 38.3 Å². The summed E-state index contributed by atoms with van der Waals surface area (Å²) in [6.07, 6.45) is 5.94. The first-order chi connectivity index (χ1) is 17.0. The minimum Gasteiger partial charge on any atom is -0.463 e. The SMILES string of the molecule is COC(=O)c1cc2c(o1)CCC(COC(=O)c1cc3c(o1)CCCn1nccc1-3)n1ncc(Cl)c1-2. The van der Waals surface area contributed by atoms with E-state index in [1.165, 1.54) is 13.3 Å². The molecule has 0 N–H and O–H groups in total. The van der Waals surface area contributed by atoms with Crippen LogP contribution < -0.4 is 0 Å². The second kappa shape index (κ2) is 8.46. The number of hydrogen-bond donors (Lipinski definition) is 0. The van der Waals surface area contributed by atoms with Crippen LogP contribution >= 0.6 is 11.6 Å². The maximum atomic E-state index is 12.9. The van der Waals surface area contributed by atoms with Crippen LogP contribution in [0.1, 0.15) is 51.5 Å². The number of aromatic nitrogens is 4. The zero-order valence-corrected chi connectivity index (χ0v) is 19.6. The van der Waals surface area contributed by atoms with Gasteiger partial charge in [0.25, 0.3) is 0 Å². The average Bonchev–Trinajstić information content (AvgIpc) is 3.62. The summed E-state index contributed by atoms with van der Waals surface area (Å²) >= 11 is 6.44. The number of aryl methyl sites for hydroxylation is 3. The third-order valence-electron chi connectivity index (χ3n) is 6.44. The molecule has 0 saturated heterocycles. The van der Waals surface area contributed by atoms with Crippen LogP contribution in [0.5, 0.6) is 0 Å². The number of ether oxygens (including phenoxy) is 2. The Balaban J connectivity index is 1.23. The van der Waals surface area contributed by atoms with Crippen LogP contribution in [0.4, 0.5) is 0 Å². The molecule has 2 aliphatic heterocycles. The first-order valence-electron chi connectivity index (χ1n) is 11.3. The third-order valence-corrected chi connectivity index (χ3v) is 6.71. The van der Waals surface area contributed by atoms with Crippen molar-refractivity contribution >= 4 is 23.5 Å². The summed E-state index contributed by atoms with van der Waals surface area (Å²) in [7, 11) is 1.29. The van der Waals surface area contributed by atoms with Crippen LogP contribution in [-0.2, 0) is 28.9 Å². The van der Waals surface area contributed by atoms with E-state index in [1.54, 1.807) is 23.0 Å². The van der Waals surface area contributed by atoms with E-state index in [-0.39, 0.29) is 24.2 Å². The first kappa shape index (κ1) is 21.7. The zero-order chi connectivity index (χ0) is 24.1. The van der Waals surface area contributed by atoms with E-state index in [2.05, 4.69) is 10.2 Å². The summed E-state index contributed by atoms with van der Waals surface area (Å²) in [4.78, 5) is 24.8. The Morgan fingerprint density at radius 2 is 1.89 bits per heavy atom. The predicted octanol–water partition coefficient (Wildman–Crippen LogP) is 4.33. The number of rotatable bonds is 4. The summed E-state index contributed by atoms with van der Waals surface area (Å²) < 4.78 is 25.7. The second-order valence-electron chi connectivity index (χ2n) is 8.51. The highest BCUT2D eigenvalue weighted by molar-refractivity contribution is 6.33. The van der Waals surface area contributed by atoms with E-state index in [0.29, 0.717) is 34.9 Å². The van der Waals surface area contributed by atoms with Crippen LogP contribution in [0, 0.1) is 0 Å². The lowest BCUT2D eigenvalue weighted by atomic mass is 10.1. The number of nitrogens with zero attached hydrogens (tertiary/aromatic N) is 4. The Bertz CT molecular complexity index is 1440. The molecule has 0 aromatic carbocycles. The number of esters is 2. The fraction of sp³-hybridized carbons (Fsp3) is 0.333. The number of carbonyl (C=O) groups is 2. The molecule has 1 atom stereocenters. The van der Waals surface area contributed by atoms with E-state index in [4.69, 9.17) is 29.9 Å². The summed E-state index contributed by atoms with van der Waals surface area (Å²) in [5, 5.41) is 9.15. The van der Waals surface area contributed by atoms with Crippen molar-refractivity contribution in [1.82, 2.24) is 19.6 Å². The predicted molar refractivity (Wildman–Crippen MR) is 122 cm³/mol. The Labute approximate surface area is 204 Å². The van der Waals surface area contributed by atoms with Gasteiger partial charge in [0, 0.05) is 48.8 Å². The largest absolute Gasteiger partial charge is 0.463 e. The van der Waals surface area contributed by atoms with E-state index in [9.17, 15) is 9.59 Å². The van der Waals surface area contributed by atoms with Gasteiger partial charge >= 0.3 is 11.9 Å². The summed E-state index contributed by atoms with van der Waals surface area (Å²) in [5.41, 5.74) is 3.08. The number of fused-ring (bicyclic) bond motifs is 6. The van der Waals surface area contributed by atoms with E-state index < -0.39 is 11.9 Å². The van der Waals surface area contributed by atoms with Crippen LogP contribution in [0.2, 0.25) is 5.02 Å². The van der Waals surface area contributed by atoms with Crippen molar-refractivity contribution in [3.05, 3.63) is 58.7 Å². The topological polar surface area (TPSA) is 115 Å². The van der Waals surface area contributed by atoms with Gasteiger partial charge in [-0.15, -0.1) is 0 Å². The van der Waals surface area contributed by atoms with Crippen molar-refractivity contribution in [2.75, 3.05) is 13.7 Å². The van der Waals surface area contributed by atoms with Gasteiger partial charge in [-0.3, -0.25) is 9.36 Å². The van der Waals surface area contributed by atoms with E-state index in [1.807, 2.05) is 10.7 Å². The van der Waals surface area contributed by atoms with Crippen LogP contribution in [0.25, 0.3) is 22.5 Å². The van der Waals surface area contributed by atoms with Crippen molar-refractivity contribution in [1.29, 1.82) is 0 Å². The summed E-state index contributed by atoms with van der Waals surface area (Å²) in [6, 6.07) is 4.97. The fourth-order valence-electron chi connectivity index (χ4n) is 4.76. The molecule has 4 aromatic heterocycles. The van der Waals surface area contributed by atoms with Gasteiger partial charge in [0.1, 0.15) is 18.1 Å². The smallest absolute Gasteiger partial charge is 0.374 e. The van der Waals surface area contributed by atoms with Gasteiger partial charge in [-0.2, -0.15) is 10.2 Å². The highest BCUT2D eigenvalue weighted by Crippen LogP contribution is 2.39. The quantitative estimate of drug-likeness (QED) is 0.383. The molecule has 0 spiro atoms. The van der Waals surface area contributed by atoms with Gasteiger partial charge in [-0.05, 0) is 18.9 Å². The van der Waals surface area contributed by atoms with Gasteiger partial charge in [-0.1, -0.05) is 11.6 Å². The van der Waals surface area contributed by atoms with Gasteiger partial charge in [-0.25, -0.2) is 9.59 Å². The van der Waals surface area contributed by atoms with Crippen LogP contribution in [0.3, 0.4) is 0 Å². The molecule has 4 aromatic rings. The highest BCUT2D eigenvalue weighted by atomic mass is 35.5. The van der Waals surface area contributed by atoms with Crippen molar-refractivity contribution in [2.24, 2.45) is 0 Å². The highest BCUT2D eigenvalue weighted by Gasteiger charge is 2.31. The average molecular weight is 497 g/mol. The lowest BCUT2D eigenvalue weighted by molar-refractivity contribution is 0.0396.